The summed E-state index contributed by atoms with van der Waals surface area (Å²) in [5.74, 6) is 0.824. The van der Waals surface area contributed by atoms with Gasteiger partial charge in [0.25, 0.3) is 0 Å². The summed E-state index contributed by atoms with van der Waals surface area (Å²) in [6.07, 6.45) is 9.10. The molecule has 3 atom stereocenters. The Kier molecular flexibility index (Phi) is 5.67. The maximum Gasteiger partial charge on any atom is 0.0436 e. The first-order chi connectivity index (χ1) is 9.12. The van der Waals surface area contributed by atoms with Crippen LogP contribution < -0.4 is 10.6 Å². The lowest BCUT2D eigenvalue weighted by Gasteiger charge is -2.35. The van der Waals surface area contributed by atoms with Crippen LogP contribution in [0.1, 0.15) is 58.8 Å². The molecule has 1 aliphatic carbocycles. The Morgan fingerprint density at radius 3 is 2.68 bits per heavy atom. The lowest BCUT2D eigenvalue weighted by atomic mass is 9.86. The molecule has 2 aliphatic rings. The maximum absolute atomic E-state index is 9.11. The van der Waals surface area contributed by atoms with Crippen molar-refractivity contribution in [3.63, 3.8) is 0 Å². The smallest absolute Gasteiger partial charge is 0.0436 e. The molecule has 2 fully saturated rings. The maximum atomic E-state index is 9.11. The second kappa shape index (κ2) is 7.05. The van der Waals surface area contributed by atoms with E-state index in [0.29, 0.717) is 12.6 Å². The van der Waals surface area contributed by atoms with Crippen LogP contribution in [0.15, 0.2) is 0 Å². The minimum Gasteiger partial charge on any atom is -0.396 e. The summed E-state index contributed by atoms with van der Waals surface area (Å²) >= 11 is 0. The zero-order chi connectivity index (χ0) is 13.7. The van der Waals surface area contributed by atoms with Gasteiger partial charge in [-0.1, -0.05) is 26.7 Å². The third-order valence-corrected chi connectivity index (χ3v) is 5.07. The van der Waals surface area contributed by atoms with Gasteiger partial charge in [-0.15, -0.1) is 0 Å². The molecule has 3 N–H and O–H groups in total. The van der Waals surface area contributed by atoms with Crippen molar-refractivity contribution in [2.45, 2.75) is 70.9 Å². The number of rotatable bonds is 6. The summed E-state index contributed by atoms with van der Waals surface area (Å²) < 4.78 is 0. The monoisotopic (exact) mass is 268 g/mol. The Balaban J connectivity index is 1.81. The molecule has 1 heterocycles. The zero-order valence-electron chi connectivity index (χ0n) is 12.8. The lowest BCUT2D eigenvalue weighted by Crippen LogP contribution is -2.48. The van der Waals surface area contributed by atoms with E-state index in [1.165, 1.54) is 45.1 Å². The summed E-state index contributed by atoms with van der Waals surface area (Å²) in [5, 5.41) is 16.6. The van der Waals surface area contributed by atoms with Gasteiger partial charge in [-0.2, -0.15) is 0 Å². The van der Waals surface area contributed by atoms with E-state index in [1.807, 2.05) is 0 Å². The third-order valence-electron chi connectivity index (χ3n) is 5.07. The first-order valence-corrected chi connectivity index (χ1v) is 8.20. The number of piperidine rings is 1. The van der Waals surface area contributed by atoms with Crippen LogP contribution in [-0.4, -0.2) is 36.9 Å². The molecule has 0 aromatic carbocycles. The van der Waals surface area contributed by atoms with Gasteiger partial charge in [0.05, 0.1) is 0 Å². The molecule has 3 nitrogen and oxygen atoms in total. The summed E-state index contributed by atoms with van der Waals surface area (Å²) in [7, 11) is 0. The molecule has 0 spiro atoms. The minimum atomic E-state index is 0.210. The van der Waals surface area contributed by atoms with Gasteiger partial charge < -0.3 is 15.7 Å². The van der Waals surface area contributed by atoms with Crippen molar-refractivity contribution < 1.29 is 5.11 Å². The van der Waals surface area contributed by atoms with E-state index < -0.39 is 0 Å². The highest BCUT2D eigenvalue weighted by atomic mass is 16.3. The quantitative estimate of drug-likeness (QED) is 0.692. The molecule has 0 amide bonds. The average molecular weight is 268 g/mol. The molecular formula is C16H32N2O. The second-order valence-corrected chi connectivity index (χ2v) is 7.28. The van der Waals surface area contributed by atoms with E-state index >= 15 is 0 Å². The van der Waals surface area contributed by atoms with Crippen LogP contribution in [0.2, 0.25) is 0 Å². The van der Waals surface area contributed by atoms with E-state index in [9.17, 15) is 0 Å². The fourth-order valence-corrected chi connectivity index (χ4v) is 3.77. The summed E-state index contributed by atoms with van der Waals surface area (Å²) in [4.78, 5) is 0. The predicted molar refractivity (Wildman–Crippen MR) is 80.3 cm³/mol. The Morgan fingerprint density at radius 1 is 1.16 bits per heavy atom. The highest BCUT2D eigenvalue weighted by Crippen LogP contribution is 2.32. The zero-order valence-corrected chi connectivity index (χ0v) is 12.8. The number of nitrogens with one attached hydrogen (secondary N) is 2. The molecule has 3 unspecified atom stereocenters. The van der Waals surface area contributed by atoms with Crippen LogP contribution in [0.3, 0.4) is 0 Å². The van der Waals surface area contributed by atoms with E-state index in [2.05, 4.69) is 24.5 Å². The largest absolute Gasteiger partial charge is 0.396 e. The SMILES string of the molecule is CC(C)(CCO)CNC1CCCC1C1CCCCN1. The van der Waals surface area contributed by atoms with Crippen molar-refractivity contribution in [2.75, 3.05) is 19.7 Å². The van der Waals surface area contributed by atoms with Crippen LogP contribution in [-0.2, 0) is 0 Å². The Hall–Kier alpha value is -0.120. The van der Waals surface area contributed by atoms with Crippen LogP contribution >= 0.6 is 0 Å². The number of aliphatic hydroxyl groups is 1. The standard InChI is InChI=1S/C16H32N2O/c1-16(2,9-11-19)12-18-15-8-5-6-13(15)14-7-3-4-10-17-14/h13-15,17-19H,3-12H2,1-2H3. The molecule has 112 valence electrons. The van der Waals surface area contributed by atoms with Crippen molar-refractivity contribution >= 4 is 0 Å². The molecule has 0 radical (unpaired) electrons. The normalized spacial score (nSPS) is 32.7. The molecule has 0 aromatic rings. The number of hydrogen-bond acceptors (Lipinski definition) is 3. The Labute approximate surface area is 118 Å². The second-order valence-electron chi connectivity index (χ2n) is 7.28. The fraction of sp³-hybridized carbons (Fsp3) is 1.00. The van der Waals surface area contributed by atoms with Gasteiger partial charge in [0.1, 0.15) is 0 Å². The summed E-state index contributed by atoms with van der Waals surface area (Å²) in [5.41, 5.74) is 0.210. The van der Waals surface area contributed by atoms with Gasteiger partial charge in [-0.05, 0) is 50.0 Å². The first-order valence-electron chi connectivity index (χ1n) is 8.20. The van der Waals surface area contributed by atoms with E-state index in [-0.39, 0.29) is 5.41 Å². The van der Waals surface area contributed by atoms with Gasteiger partial charge >= 0.3 is 0 Å². The number of hydrogen-bond donors (Lipinski definition) is 3. The summed E-state index contributed by atoms with van der Waals surface area (Å²) in [6, 6.07) is 1.43. The molecule has 0 aromatic heterocycles. The van der Waals surface area contributed by atoms with Crippen molar-refractivity contribution in [3.8, 4) is 0 Å². The van der Waals surface area contributed by atoms with E-state index in [0.717, 1.165) is 24.9 Å². The molecule has 1 aliphatic heterocycles. The highest BCUT2D eigenvalue weighted by molar-refractivity contribution is 4.93. The lowest BCUT2D eigenvalue weighted by molar-refractivity contribution is 0.190. The average Bonchev–Trinajstić information content (AvgIpc) is 2.86. The minimum absolute atomic E-state index is 0.210. The van der Waals surface area contributed by atoms with Gasteiger partial charge in [-0.3, -0.25) is 0 Å². The highest BCUT2D eigenvalue weighted by Gasteiger charge is 2.34. The van der Waals surface area contributed by atoms with Gasteiger partial charge in [0, 0.05) is 25.2 Å². The molecular weight excluding hydrogens is 236 g/mol. The number of aliphatic hydroxyl groups excluding tert-OH is 1. The molecule has 2 rings (SSSR count). The predicted octanol–water partition coefficient (Wildman–Crippen LogP) is 2.30. The van der Waals surface area contributed by atoms with Crippen LogP contribution in [0.5, 0.6) is 0 Å². The third kappa shape index (κ3) is 4.44. The van der Waals surface area contributed by atoms with Crippen molar-refractivity contribution in [2.24, 2.45) is 11.3 Å². The van der Waals surface area contributed by atoms with Crippen LogP contribution in [0.25, 0.3) is 0 Å². The van der Waals surface area contributed by atoms with Crippen LogP contribution in [0.4, 0.5) is 0 Å². The van der Waals surface area contributed by atoms with E-state index in [4.69, 9.17) is 5.11 Å². The van der Waals surface area contributed by atoms with Crippen molar-refractivity contribution in [1.29, 1.82) is 0 Å². The molecule has 0 bridgehead atoms. The topological polar surface area (TPSA) is 44.3 Å². The molecule has 19 heavy (non-hydrogen) atoms. The summed E-state index contributed by atoms with van der Waals surface area (Å²) in [6.45, 7) is 7.04. The molecule has 1 saturated heterocycles. The first kappa shape index (κ1) is 15.3. The molecule has 3 heteroatoms. The van der Waals surface area contributed by atoms with Crippen molar-refractivity contribution in [3.05, 3.63) is 0 Å². The van der Waals surface area contributed by atoms with Gasteiger partial charge in [0.2, 0.25) is 0 Å². The Morgan fingerprint density at radius 2 is 2.00 bits per heavy atom. The van der Waals surface area contributed by atoms with Gasteiger partial charge in [-0.25, -0.2) is 0 Å². The molecule has 1 saturated carbocycles. The fourth-order valence-electron chi connectivity index (χ4n) is 3.77. The van der Waals surface area contributed by atoms with Crippen LogP contribution in [0, 0.1) is 11.3 Å². The Bertz CT molecular complexity index is 261. The van der Waals surface area contributed by atoms with Gasteiger partial charge in [0.15, 0.2) is 0 Å². The van der Waals surface area contributed by atoms with Crippen molar-refractivity contribution in [1.82, 2.24) is 10.6 Å². The van der Waals surface area contributed by atoms with E-state index in [1.54, 1.807) is 0 Å².